The third-order valence-electron chi connectivity index (χ3n) is 4.49. The summed E-state index contributed by atoms with van der Waals surface area (Å²) in [7, 11) is 0. The van der Waals surface area contributed by atoms with Crippen molar-refractivity contribution >= 4 is 11.7 Å². The Morgan fingerprint density at radius 1 is 1.18 bits per heavy atom. The summed E-state index contributed by atoms with van der Waals surface area (Å²) in [6.45, 7) is 3.83. The van der Waals surface area contributed by atoms with Crippen molar-refractivity contribution in [3.63, 3.8) is 0 Å². The summed E-state index contributed by atoms with van der Waals surface area (Å²) >= 11 is 0. The highest BCUT2D eigenvalue weighted by atomic mass is 16.5. The molecule has 6 heteroatoms. The first-order valence-electron chi connectivity index (χ1n) is 8.27. The minimum absolute atomic E-state index is 0.119. The van der Waals surface area contributed by atoms with Crippen LogP contribution in [-0.4, -0.2) is 49.0 Å². The smallest absolute Gasteiger partial charge is 0.271 e. The molecule has 1 amide bonds. The number of ether oxygens (including phenoxy) is 1. The van der Waals surface area contributed by atoms with Gasteiger partial charge in [-0.05, 0) is 30.9 Å². The number of aromatic nitrogens is 2. The highest BCUT2D eigenvalue weighted by Crippen LogP contribution is 2.22. The maximum atomic E-state index is 12.1. The van der Waals surface area contributed by atoms with Gasteiger partial charge in [0.05, 0.1) is 13.2 Å². The van der Waals surface area contributed by atoms with Crippen LogP contribution < -0.4 is 10.2 Å². The fourth-order valence-electron chi connectivity index (χ4n) is 3.13. The Morgan fingerprint density at radius 3 is 2.64 bits per heavy atom. The number of nitrogens with one attached hydrogen (secondary N) is 1. The van der Waals surface area contributed by atoms with Gasteiger partial charge in [0.2, 0.25) is 0 Å². The first-order chi connectivity index (χ1) is 10.8. The zero-order chi connectivity index (χ0) is 15.2. The number of morpholine rings is 1. The molecule has 3 rings (SSSR count). The number of hydrogen-bond acceptors (Lipinski definition) is 5. The lowest BCUT2D eigenvalue weighted by Crippen LogP contribution is -2.37. The van der Waals surface area contributed by atoms with E-state index in [1.54, 1.807) is 6.07 Å². The molecular weight excluding hydrogens is 280 g/mol. The van der Waals surface area contributed by atoms with Crippen LogP contribution in [0, 0.1) is 5.92 Å². The molecule has 120 valence electrons. The SMILES string of the molecule is O=C(NCC1CCCCC1)c1ccc(N2CCOCC2)nn1. The molecule has 1 aliphatic heterocycles. The van der Waals surface area contributed by atoms with Crippen LogP contribution in [0.2, 0.25) is 0 Å². The van der Waals surface area contributed by atoms with Crippen molar-refractivity contribution in [3.8, 4) is 0 Å². The van der Waals surface area contributed by atoms with Gasteiger partial charge in [0.15, 0.2) is 11.5 Å². The number of amides is 1. The summed E-state index contributed by atoms with van der Waals surface area (Å²) in [5.74, 6) is 1.32. The topological polar surface area (TPSA) is 67.4 Å². The van der Waals surface area contributed by atoms with Crippen molar-refractivity contribution in [1.29, 1.82) is 0 Å². The molecule has 1 saturated carbocycles. The predicted octanol–water partition coefficient (Wildman–Crippen LogP) is 1.62. The third kappa shape index (κ3) is 3.94. The number of rotatable bonds is 4. The van der Waals surface area contributed by atoms with Gasteiger partial charge < -0.3 is 15.0 Å². The van der Waals surface area contributed by atoms with Crippen molar-refractivity contribution in [3.05, 3.63) is 17.8 Å². The molecule has 0 spiro atoms. The predicted molar refractivity (Wildman–Crippen MR) is 84.0 cm³/mol. The molecule has 0 atom stereocenters. The van der Waals surface area contributed by atoms with Crippen LogP contribution >= 0.6 is 0 Å². The van der Waals surface area contributed by atoms with Gasteiger partial charge in [0, 0.05) is 19.6 Å². The average molecular weight is 304 g/mol. The molecular formula is C16H24N4O2. The molecule has 1 aliphatic carbocycles. The molecule has 1 aromatic heterocycles. The summed E-state index contributed by atoms with van der Waals surface area (Å²) in [4.78, 5) is 14.3. The number of carbonyl (C=O) groups is 1. The Kier molecular flexibility index (Phi) is 5.21. The largest absolute Gasteiger partial charge is 0.378 e. The first-order valence-corrected chi connectivity index (χ1v) is 8.27. The number of anilines is 1. The molecule has 0 unspecified atom stereocenters. The first kappa shape index (κ1) is 15.2. The van der Waals surface area contributed by atoms with Gasteiger partial charge in [-0.25, -0.2) is 0 Å². The van der Waals surface area contributed by atoms with E-state index in [2.05, 4.69) is 20.4 Å². The molecule has 0 bridgehead atoms. The van der Waals surface area contributed by atoms with E-state index < -0.39 is 0 Å². The van der Waals surface area contributed by atoms with Crippen LogP contribution in [0.25, 0.3) is 0 Å². The molecule has 1 saturated heterocycles. The number of nitrogens with zero attached hydrogens (tertiary/aromatic N) is 3. The van der Waals surface area contributed by atoms with Gasteiger partial charge in [0.25, 0.3) is 5.91 Å². The molecule has 1 aromatic rings. The van der Waals surface area contributed by atoms with Gasteiger partial charge in [-0.15, -0.1) is 10.2 Å². The molecule has 2 aliphatic rings. The van der Waals surface area contributed by atoms with Gasteiger partial charge >= 0.3 is 0 Å². The van der Waals surface area contributed by atoms with Gasteiger partial charge in [-0.1, -0.05) is 19.3 Å². The molecule has 22 heavy (non-hydrogen) atoms. The second-order valence-corrected chi connectivity index (χ2v) is 6.09. The van der Waals surface area contributed by atoms with E-state index in [0.29, 0.717) is 24.8 Å². The lowest BCUT2D eigenvalue weighted by Gasteiger charge is -2.27. The van der Waals surface area contributed by atoms with Crippen LogP contribution in [0.5, 0.6) is 0 Å². The van der Waals surface area contributed by atoms with Gasteiger partial charge in [-0.2, -0.15) is 0 Å². The minimum Gasteiger partial charge on any atom is -0.378 e. The zero-order valence-corrected chi connectivity index (χ0v) is 13.0. The quantitative estimate of drug-likeness (QED) is 0.915. The summed E-state index contributed by atoms with van der Waals surface area (Å²) in [5, 5.41) is 11.2. The highest BCUT2D eigenvalue weighted by molar-refractivity contribution is 5.92. The average Bonchev–Trinajstić information content (AvgIpc) is 2.61. The number of hydrogen-bond donors (Lipinski definition) is 1. The van der Waals surface area contributed by atoms with E-state index in [1.807, 2.05) is 6.07 Å². The Balaban J connectivity index is 1.51. The van der Waals surface area contributed by atoms with Crippen molar-refractivity contribution in [2.45, 2.75) is 32.1 Å². The molecule has 2 fully saturated rings. The van der Waals surface area contributed by atoms with Crippen LogP contribution in [0.4, 0.5) is 5.82 Å². The summed E-state index contributed by atoms with van der Waals surface area (Å²) < 4.78 is 5.32. The monoisotopic (exact) mass is 304 g/mol. The maximum absolute atomic E-state index is 12.1. The van der Waals surface area contributed by atoms with E-state index >= 15 is 0 Å². The van der Waals surface area contributed by atoms with Crippen molar-refractivity contribution in [2.24, 2.45) is 5.92 Å². The van der Waals surface area contributed by atoms with Gasteiger partial charge in [0.1, 0.15) is 0 Å². The van der Waals surface area contributed by atoms with Crippen molar-refractivity contribution in [1.82, 2.24) is 15.5 Å². The Labute approximate surface area is 131 Å². The summed E-state index contributed by atoms with van der Waals surface area (Å²) in [6.07, 6.45) is 6.35. The Bertz CT molecular complexity index is 479. The molecule has 0 aromatic carbocycles. The van der Waals surface area contributed by atoms with Crippen LogP contribution in [0.1, 0.15) is 42.6 Å². The minimum atomic E-state index is -0.119. The van der Waals surface area contributed by atoms with Gasteiger partial charge in [-0.3, -0.25) is 4.79 Å². The van der Waals surface area contributed by atoms with E-state index in [4.69, 9.17) is 4.74 Å². The molecule has 0 radical (unpaired) electrons. The molecule has 6 nitrogen and oxygen atoms in total. The van der Waals surface area contributed by atoms with Crippen molar-refractivity contribution < 1.29 is 9.53 Å². The third-order valence-corrected chi connectivity index (χ3v) is 4.49. The van der Waals surface area contributed by atoms with Crippen molar-refractivity contribution in [2.75, 3.05) is 37.7 Å². The number of carbonyl (C=O) groups excluding carboxylic acids is 1. The summed E-state index contributed by atoms with van der Waals surface area (Å²) in [6, 6.07) is 3.63. The lowest BCUT2D eigenvalue weighted by atomic mass is 9.89. The van der Waals surface area contributed by atoms with E-state index in [1.165, 1.54) is 32.1 Å². The Hall–Kier alpha value is -1.69. The maximum Gasteiger partial charge on any atom is 0.271 e. The molecule has 1 N–H and O–H groups in total. The lowest BCUT2D eigenvalue weighted by molar-refractivity contribution is 0.0937. The standard InChI is InChI=1S/C16H24N4O2/c21-16(17-12-13-4-2-1-3-5-13)14-6-7-15(19-18-14)20-8-10-22-11-9-20/h6-7,13H,1-5,8-12H2,(H,17,21). The van der Waals surface area contributed by atoms with Crippen LogP contribution in [0.3, 0.4) is 0 Å². The highest BCUT2D eigenvalue weighted by Gasteiger charge is 2.17. The fraction of sp³-hybridized carbons (Fsp3) is 0.688. The molecule has 2 heterocycles. The van der Waals surface area contributed by atoms with Crippen LogP contribution in [-0.2, 0) is 4.74 Å². The van der Waals surface area contributed by atoms with Crippen LogP contribution in [0.15, 0.2) is 12.1 Å². The second-order valence-electron chi connectivity index (χ2n) is 6.09. The van der Waals surface area contributed by atoms with E-state index in [-0.39, 0.29) is 5.91 Å². The summed E-state index contributed by atoms with van der Waals surface area (Å²) in [5.41, 5.74) is 0.396. The Morgan fingerprint density at radius 2 is 1.95 bits per heavy atom. The normalized spacial score (nSPS) is 19.9. The zero-order valence-electron chi connectivity index (χ0n) is 13.0. The van der Waals surface area contributed by atoms with E-state index in [9.17, 15) is 4.79 Å². The van der Waals surface area contributed by atoms with E-state index in [0.717, 1.165) is 25.5 Å². The fourth-order valence-corrected chi connectivity index (χ4v) is 3.13. The second kappa shape index (κ2) is 7.54.